The van der Waals surface area contributed by atoms with Crippen LogP contribution in [-0.4, -0.2) is 20.7 Å². The second-order valence-electron chi connectivity index (χ2n) is 4.79. The van der Waals surface area contributed by atoms with Crippen molar-refractivity contribution < 1.29 is 4.43 Å². The molecule has 0 amide bonds. The van der Waals surface area contributed by atoms with E-state index in [9.17, 15) is 0 Å². The van der Waals surface area contributed by atoms with Gasteiger partial charge in [0.05, 0.1) is 0 Å². The summed E-state index contributed by atoms with van der Waals surface area (Å²) in [5.41, 5.74) is 0. The van der Waals surface area contributed by atoms with Gasteiger partial charge in [-0.05, 0) is 38.2 Å². The molecular weight excluding hydrogens is 220 g/mol. The van der Waals surface area contributed by atoms with Crippen LogP contribution in [0.2, 0.25) is 19.1 Å². The first-order valence-corrected chi connectivity index (χ1v) is 10.1. The highest BCUT2D eigenvalue weighted by Gasteiger charge is 2.20. The first kappa shape index (κ1) is 15.5. The molecule has 92 valence electrons. The lowest BCUT2D eigenvalue weighted by Gasteiger charge is -2.21. The van der Waals surface area contributed by atoms with Crippen LogP contribution in [0.5, 0.6) is 0 Å². The molecule has 0 aliphatic rings. The molecule has 0 aromatic carbocycles. The van der Waals surface area contributed by atoms with Crippen LogP contribution in [0.3, 0.4) is 0 Å². The lowest BCUT2D eigenvalue weighted by atomic mass is 10.1. The minimum Gasteiger partial charge on any atom is -0.418 e. The molecular formula is C12H28OSSi. The Morgan fingerprint density at radius 3 is 2.00 bits per heavy atom. The number of hydrogen-bond donors (Lipinski definition) is 1. The number of thiol groups is 1. The molecule has 0 saturated heterocycles. The zero-order chi connectivity index (χ0) is 11.6. The fraction of sp³-hybridized carbons (Fsp3) is 1.00. The van der Waals surface area contributed by atoms with E-state index in [1.807, 2.05) is 0 Å². The number of unbranched alkanes of at least 4 members (excludes halogenated alkanes) is 5. The van der Waals surface area contributed by atoms with Gasteiger partial charge in [-0.2, -0.15) is 12.6 Å². The molecule has 15 heavy (non-hydrogen) atoms. The average molecular weight is 249 g/mol. The number of hydrogen-bond acceptors (Lipinski definition) is 2. The Morgan fingerprint density at radius 2 is 1.47 bits per heavy atom. The van der Waals surface area contributed by atoms with Crippen molar-refractivity contribution in [1.29, 1.82) is 0 Å². The van der Waals surface area contributed by atoms with Gasteiger partial charge in [0, 0.05) is 6.61 Å². The van der Waals surface area contributed by atoms with Crippen LogP contribution < -0.4 is 0 Å². The number of rotatable bonds is 10. The summed E-state index contributed by atoms with van der Waals surface area (Å²) in [7, 11) is -1.29. The van der Waals surface area contributed by atoms with E-state index in [0.717, 1.165) is 12.4 Å². The summed E-state index contributed by atoms with van der Waals surface area (Å²) in [6, 6.07) is 1.33. The average Bonchev–Trinajstić information content (AvgIpc) is 2.16. The first-order valence-electron chi connectivity index (χ1n) is 6.37. The second-order valence-corrected chi connectivity index (χ2v) is 9.54. The van der Waals surface area contributed by atoms with Gasteiger partial charge < -0.3 is 4.43 Å². The van der Waals surface area contributed by atoms with E-state index in [2.05, 4.69) is 32.6 Å². The van der Waals surface area contributed by atoms with Crippen molar-refractivity contribution in [3.8, 4) is 0 Å². The van der Waals surface area contributed by atoms with Crippen LogP contribution >= 0.6 is 12.6 Å². The molecule has 0 aliphatic carbocycles. The highest BCUT2D eigenvalue weighted by atomic mass is 32.1. The van der Waals surface area contributed by atoms with Gasteiger partial charge in [0.25, 0.3) is 0 Å². The Bertz CT molecular complexity index is 140. The standard InChI is InChI=1S/C12H28OSSi/c1-4-13-15(2,3)12-10-8-6-5-7-9-11-14/h14H,4-12H2,1-3H3. The van der Waals surface area contributed by atoms with Gasteiger partial charge in [-0.25, -0.2) is 0 Å². The van der Waals surface area contributed by atoms with Crippen molar-refractivity contribution in [2.24, 2.45) is 0 Å². The quantitative estimate of drug-likeness (QED) is 0.340. The van der Waals surface area contributed by atoms with E-state index in [1.54, 1.807) is 0 Å². The van der Waals surface area contributed by atoms with Crippen LogP contribution in [0.25, 0.3) is 0 Å². The van der Waals surface area contributed by atoms with E-state index in [-0.39, 0.29) is 0 Å². The van der Waals surface area contributed by atoms with Crippen molar-refractivity contribution in [1.82, 2.24) is 0 Å². The van der Waals surface area contributed by atoms with Gasteiger partial charge in [-0.1, -0.05) is 32.1 Å². The molecule has 0 atom stereocenters. The van der Waals surface area contributed by atoms with Gasteiger partial charge in [0.15, 0.2) is 8.32 Å². The molecule has 0 aromatic heterocycles. The van der Waals surface area contributed by atoms with E-state index < -0.39 is 8.32 Å². The Labute approximate surface area is 103 Å². The Morgan fingerprint density at radius 1 is 0.933 bits per heavy atom. The fourth-order valence-electron chi connectivity index (χ4n) is 1.83. The summed E-state index contributed by atoms with van der Waals surface area (Å²) in [5.74, 6) is 1.05. The van der Waals surface area contributed by atoms with Crippen LogP contribution in [-0.2, 0) is 4.43 Å². The van der Waals surface area contributed by atoms with Crippen LogP contribution in [0.4, 0.5) is 0 Å². The smallest absolute Gasteiger partial charge is 0.186 e. The van der Waals surface area contributed by atoms with Gasteiger partial charge in [0.2, 0.25) is 0 Å². The third-order valence-electron chi connectivity index (χ3n) is 2.72. The Balaban J connectivity index is 3.22. The van der Waals surface area contributed by atoms with E-state index in [4.69, 9.17) is 4.43 Å². The maximum atomic E-state index is 5.80. The summed E-state index contributed by atoms with van der Waals surface area (Å²) >= 11 is 4.21. The first-order chi connectivity index (χ1) is 7.12. The van der Waals surface area contributed by atoms with Crippen molar-refractivity contribution in [2.75, 3.05) is 12.4 Å². The maximum Gasteiger partial charge on any atom is 0.186 e. The predicted molar refractivity (Wildman–Crippen MR) is 75.5 cm³/mol. The molecule has 0 saturated carbocycles. The molecule has 0 spiro atoms. The second kappa shape index (κ2) is 9.73. The molecule has 0 N–H and O–H groups in total. The molecule has 0 aliphatic heterocycles. The largest absolute Gasteiger partial charge is 0.418 e. The van der Waals surface area contributed by atoms with Crippen molar-refractivity contribution in [3.63, 3.8) is 0 Å². The highest BCUT2D eigenvalue weighted by Crippen LogP contribution is 2.17. The monoisotopic (exact) mass is 248 g/mol. The summed E-state index contributed by atoms with van der Waals surface area (Å²) in [6.45, 7) is 7.65. The molecule has 0 unspecified atom stereocenters. The molecule has 0 rings (SSSR count). The summed E-state index contributed by atoms with van der Waals surface area (Å²) in [5, 5.41) is 0. The van der Waals surface area contributed by atoms with E-state index in [1.165, 1.54) is 44.6 Å². The molecule has 3 heteroatoms. The van der Waals surface area contributed by atoms with Crippen LogP contribution in [0.15, 0.2) is 0 Å². The predicted octanol–water partition coefficient (Wildman–Crippen LogP) is 4.50. The third-order valence-corrected chi connectivity index (χ3v) is 5.67. The molecule has 0 heterocycles. The zero-order valence-electron chi connectivity index (χ0n) is 10.7. The van der Waals surface area contributed by atoms with Gasteiger partial charge in [-0.15, -0.1) is 0 Å². The van der Waals surface area contributed by atoms with E-state index in [0.29, 0.717) is 0 Å². The van der Waals surface area contributed by atoms with Crippen molar-refractivity contribution in [3.05, 3.63) is 0 Å². The topological polar surface area (TPSA) is 9.23 Å². The summed E-state index contributed by atoms with van der Waals surface area (Å²) < 4.78 is 5.80. The lowest BCUT2D eigenvalue weighted by molar-refractivity contribution is 0.327. The summed E-state index contributed by atoms with van der Waals surface area (Å²) in [4.78, 5) is 0. The molecule has 0 aromatic rings. The van der Waals surface area contributed by atoms with Crippen molar-refractivity contribution >= 4 is 20.9 Å². The minimum absolute atomic E-state index is 0.890. The van der Waals surface area contributed by atoms with Crippen LogP contribution in [0.1, 0.15) is 45.4 Å². The zero-order valence-corrected chi connectivity index (χ0v) is 12.6. The third kappa shape index (κ3) is 10.8. The van der Waals surface area contributed by atoms with Gasteiger partial charge >= 0.3 is 0 Å². The fourth-order valence-corrected chi connectivity index (χ4v) is 4.08. The van der Waals surface area contributed by atoms with E-state index >= 15 is 0 Å². The SMILES string of the molecule is CCO[Si](C)(C)CCCCCCCCS. The van der Waals surface area contributed by atoms with Crippen LogP contribution in [0, 0.1) is 0 Å². The Hall–Kier alpha value is 0.527. The van der Waals surface area contributed by atoms with Gasteiger partial charge in [0.1, 0.15) is 0 Å². The maximum absolute atomic E-state index is 5.80. The van der Waals surface area contributed by atoms with Crippen molar-refractivity contribution in [2.45, 2.75) is 64.6 Å². The summed E-state index contributed by atoms with van der Waals surface area (Å²) in [6.07, 6.45) is 8.16. The normalized spacial score (nSPS) is 12.0. The molecule has 1 nitrogen and oxygen atoms in total. The molecule has 0 radical (unpaired) electrons. The Kier molecular flexibility index (Phi) is 10.1. The highest BCUT2D eigenvalue weighted by molar-refractivity contribution is 7.80. The lowest BCUT2D eigenvalue weighted by Crippen LogP contribution is -2.29. The molecule has 0 bridgehead atoms. The molecule has 0 fully saturated rings. The van der Waals surface area contributed by atoms with Gasteiger partial charge in [-0.3, -0.25) is 0 Å². The minimum atomic E-state index is -1.29.